The summed E-state index contributed by atoms with van der Waals surface area (Å²) >= 11 is 1.29. The SMILES string of the molecule is COc1ccc(Cn2c(C3(O)CC3)nc3sc([C@H]4CCCN4C(=O)OCc4ccccc4)nc3c2=O)c(OC)c1. The van der Waals surface area contributed by atoms with Crippen molar-refractivity contribution in [1.82, 2.24) is 19.4 Å². The maximum absolute atomic E-state index is 13.8. The summed E-state index contributed by atoms with van der Waals surface area (Å²) in [6, 6.07) is 14.6. The van der Waals surface area contributed by atoms with Gasteiger partial charge in [-0.1, -0.05) is 41.7 Å². The van der Waals surface area contributed by atoms with E-state index in [9.17, 15) is 14.7 Å². The molecule has 40 heavy (non-hydrogen) atoms. The number of carbonyl (C=O) groups is 1. The van der Waals surface area contributed by atoms with E-state index in [0.29, 0.717) is 53.0 Å². The standard InChI is InChI=1S/C29H30N4O6S/c1-37-20-11-10-19(22(15-20)38-2)16-33-26(34)23-25(31-27(33)29(36)12-13-29)40-24(30-23)21-9-6-14-32(21)28(35)39-17-18-7-4-3-5-8-18/h3-5,7-8,10-11,15,21,36H,6,9,12-14,16-17H2,1-2H3/t21-/m1/s1. The fraction of sp³-hybridized carbons (Fsp3) is 0.379. The first-order valence-corrected chi connectivity index (χ1v) is 14.0. The number of carbonyl (C=O) groups excluding carboxylic acids is 1. The summed E-state index contributed by atoms with van der Waals surface area (Å²) in [4.78, 5) is 38.4. The Morgan fingerprint density at radius 2 is 1.93 bits per heavy atom. The molecule has 1 saturated heterocycles. The Morgan fingerprint density at radius 3 is 2.65 bits per heavy atom. The van der Waals surface area contributed by atoms with Crippen LogP contribution in [0.2, 0.25) is 0 Å². The van der Waals surface area contributed by atoms with Crippen LogP contribution in [-0.4, -0.2) is 51.4 Å². The molecule has 1 atom stereocenters. The van der Waals surface area contributed by atoms with Gasteiger partial charge in [-0.3, -0.25) is 14.3 Å². The Kier molecular flexibility index (Phi) is 6.93. The zero-order valence-electron chi connectivity index (χ0n) is 22.3. The molecule has 1 amide bonds. The summed E-state index contributed by atoms with van der Waals surface area (Å²) < 4.78 is 17.9. The van der Waals surface area contributed by atoms with Gasteiger partial charge in [0.1, 0.15) is 34.5 Å². The zero-order valence-corrected chi connectivity index (χ0v) is 23.1. The van der Waals surface area contributed by atoms with Crippen molar-refractivity contribution in [1.29, 1.82) is 0 Å². The van der Waals surface area contributed by atoms with Gasteiger partial charge in [-0.05, 0) is 43.4 Å². The smallest absolute Gasteiger partial charge is 0.410 e. The molecule has 2 aliphatic rings. The molecule has 1 saturated carbocycles. The van der Waals surface area contributed by atoms with Gasteiger partial charge in [-0.2, -0.15) is 0 Å². The number of rotatable bonds is 8. The lowest BCUT2D eigenvalue weighted by Gasteiger charge is -2.22. The van der Waals surface area contributed by atoms with Crippen LogP contribution in [0.4, 0.5) is 4.79 Å². The third kappa shape index (κ3) is 4.90. The van der Waals surface area contributed by atoms with Gasteiger partial charge < -0.3 is 19.3 Å². The van der Waals surface area contributed by atoms with E-state index in [0.717, 1.165) is 17.5 Å². The van der Waals surface area contributed by atoms with Crippen molar-refractivity contribution < 1.29 is 24.1 Å². The van der Waals surface area contributed by atoms with Crippen LogP contribution in [0.15, 0.2) is 53.3 Å². The van der Waals surface area contributed by atoms with Crippen molar-refractivity contribution in [3.05, 3.63) is 80.8 Å². The van der Waals surface area contributed by atoms with E-state index in [4.69, 9.17) is 24.2 Å². The number of aromatic nitrogens is 3. The van der Waals surface area contributed by atoms with Gasteiger partial charge in [-0.25, -0.2) is 14.8 Å². The highest BCUT2D eigenvalue weighted by molar-refractivity contribution is 7.18. The van der Waals surface area contributed by atoms with E-state index in [2.05, 4.69) is 0 Å². The van der Waals surface area contributed by atoms with Crippen LogP contribution in [0, 0.1) is 0 Å². The van der Waals surface area contributed by atoms with Crippen molar-refractivity contribution in [2.24, 2.45) is 0 Å². The van der Waals surface area contributed by atoms with Crippen molar-refractivity contribution in [3.8, 4) is 11.5 Å². The molecule has 6 rings (SSSR count). The number of nitrogens with zero attached hydrogens (tertiary/aromatic N) is 4. The predicted molar refractivity (Wildman–Crippen MR) is 149 cm³/mol. The molecule has 1 aliphatic carbocycles. The van der Waals surface area contributed by atoms with Gasteiger partial charge in [0.15, 0.2) is 10.3 Å². The van der Waals surface area contributed by atoms with Crippen LogP contribution in [-0.2, 0) is 23.5 Å². The summed E-state index contributed by atoms with van der Waals surface area (Å²) in [5.41, 5.74) is 0.394. The second kappa shape index (κ2) is 10.5. The number of hydrogen-bond acceptors (Lipinski definition) is 9. The average molecular weight is 563 g/mol. The van der Waals surface area contributed by atoms with Crippen molar-refractivity contribution in [2.45, 2.75) is 50.5 Å². The number of fused-ring (bicyclic) bond motifs is 1. The highest BCUT2D eigenvalue weighted by Gasteiger charge is 2.47. The summed E-state index contributed by atoms with van der Waals surface area (Å²) in [6.07, 6.45) is 2.17. The first-order valence-electron chi connectivity index (χ1n) is 13.2. The van der Waals surface area contributed by atoms with Crippen LogP contribution in [0.25, 0.3) is 10.3 Å². The lowest BCUT2D eigenvalue weighted by Crippen LogP contribution is -2.31. The highest BCUT2D eigenvalue weighted by Crippen LogP contribution is 2.45. The molecule has 0 spiro atoms. The zero-order chi connectivity index (χ0) is 27.9. The predicted octanol–water partition coefficient (Wildman–Crippen LogP) is 4.37. The molecular weight excluding hydrogens is 532 g/mol. The quantitative estimate of drug-likeness (QED) is 0.337. The van der Waals surface area contributed by atoms with E-state index in [1.165, 1.54) is 15.9 Å². The molecule has 11 heteroatoms. The minimum absolute atomic E-state index is 0.154. The lowest BCUT2D eigenvalue weighted by atomic mass is 10.1. The summed E-state index contributed by atoms with van der Waals surface area (Å²) in [7, 11) is 3.13. The van der Waals surface area contributed by atoms with Gasteiger partial charge in [0, 0.05) is 18.2 Å². The molecule has 2 fully saturated rings. The second-order valence-corrected chi connectivity index (χ2v) is 11.1. The molecule has 0 unspecified atom stereocenters. The Morgan fingerprint density at radius 1 is 1.12 bits per heavy atom. The summed E-state index contributed by atoms with van der Waals surface area (Å²) in [6.45, 7) is 0.890. The molecule has 4 aromatic rings. The number of methoxy groups -OCH3 is 2. The molecule has 2 aromatic heterocycles. The highest BCUT2D eigenvalue weighted by atomic mass is 32.1. The van der Waals surface area contributed by atoms with Crippen molar-refractivity contribution in [2.75, 3.05) is 20.8 Å². The lowest BCUT2D eigenvalue weighted by molar-refractivity contribution is 0.0920. The molecule has 1 aliphatic heterocycles. The molecule has 3 heterocycles. The van der Waals surface area contributed by atoms with Crippen LogP contribution in [0.1, 0.15) is 53.7 Å². The van der Waals surface area contributed by atoms with Crippen molar-refractivity contribution >= 4 is 27.8 Å². The monoisotopic (exact) mass is 562 g/mol. The van der Waals surface area contributed by atoms with Gasteiger partial charge in [0.05, 0.1) is 26.8 Å². The van der Waals surface area contributed by atoms with E-state index >= 15 is 0 Å². The number of benzene rings is 2. The van der Waals surface area contributed by atoms with E-state index in [1.807, 2.05) is 36.4 Å². The average Bonchev–Trinajstić information content (AvgIpc) is 3.36. The fourth-order valence-corrected chi connectivity index (χ4v) is 6.19. The minimum atomic E-state index is -1.15. The Bertz CT molecular complexity index is 1610. The maximum atomic E-state index is 13.8. The van der Waals surface area contributed by atoms with Crippen LogP contribution < -0.4 is 15.0 Å². The minimum Gasteiger partial charge on any atom is -0.497 e. The number of amides is 1. The number of thiazole rings is 1. The van der Waals surface area contributed by atoms with E-state index < -0.39 is 11.7 Å². The van der Waals surface area contributed by atoms with Gasteiger partial charge in [0.25, 0.3) is 5.56 Å². The Labute approximate surface area is 234 Å². The number of ether oxygens (including phenoxy) is 3. The summed E-state index contributed by atoms with van der Waals surface area (Å²) in [5, 5.41) is 11.7. The van der Waals surface area contributed by atoms with Crippen LogP contribution >= 0.6 is 11.3 Å². The molecule has 1 N–H and O–H groups in total. The van der Waals surface area contributed by atoms with E-state index in [-0.39, 0.29) is 30.3 Å². The fourth-order valence-electron chi connectivity index (χ4n) is 5.11. The Hall–Kier alpha value is -3.96. The third-order valence-corrected chi connectivity index (χ3v) is 8.53. The number of aliphatic hydroxyl groups is 1. The topological polar surface area (TPSA) is 116 Å². The van der Waals surface area contributed by atoms with Crippen LogP contribution in [0.5, 0.6) is 11.5 Å². The maximum Gasteiger partial charge on any atom is 0.410 e. The van der Waals surface area contributed by atoms with E-state index in [1.54, 1.807) is 31.3 Å². The summed E-state index contributed by atoms with van der Waals surface area (Å²) in [5.74, 6) is 1.52. The van der Waals surface area contributed by atoms with Gasteiger partial charge in [-0.15, -0.1) is 0 Å². The second-order valence-electron chi connectivity index (χ2n) is 10.1. The Balaban J connectivity index is 1.33. The molecule has 10 nitrogen and oxygen atoms in total. The third-order valence-electron chi connectivity index (χ3n) is 7.48. The van der Waals surface area contributed by atoms with Gasteiger partial charge >= 0.3 is 6.09 Å². The molecule has 0 radical (unpaired) electrons. The molecule has 2 aromatic carbocycles. The first-order chi connectivity index (χ1) is 19.4. The number of hydrogen-bond donors (Lipinski definition) is 1. The van der Waals surface area contributed by atoms with Crippen molar-refractivity contribution in [3.63, 3.8) is 0 Å². The molecular formula is C29H30N4O6S. The first kappa shape index (κ1) is 26.3. The normalized spacial score (nSPS) is 17.7. The van der Waals surface area contributed by atoms with Crippen LogP contribution in [0.3, 0.4) is 0 Å². The molecule has 0 bridgehead atoms. The molecule has 208 valence electrons. The van der Waals surface area contributed by atoms with Gasteiger partial charge in [0.2, 0.25) is 0 Å². The number of likely N-dealkylation sites (tertiary alicyclic amines) is 1. The largest absolute Gasteiger partial charge is 0.497 e.